The van der Waals surface area contributed by atoms with E-state index in [1.807, 2.05) is 43.3 Å². The lowest BCUT2D eigenvalue weighted by Gasteiger charge is -2.09. The summed E-state index contributed by atoms with van der Waals surface area (Å²) in [6.07, 6.45) is 2.79. The summed E-state index contributed by atoms with van der Waals surface area (Å²) in [5.41, 5.74) is 1.53. The van der Waals surface area contributed by atoms with Crippen LogP contribution in [0.15, 0.2) is 40.8 Å². The molecule has 1 N–H and O–H groups in total. The summed E-state index contributed by atoms with van der Waals surface area (Å²) in [4.78, 5) is 25.3. The molecule has 1 aromatic heterocycles. The van der Waals surface area contributed by atoms with E-state index in [0.29, 0.717) is 17.9 Å². The molecule has 0 aliphatic heterocycles. The number of hydrogen-bond donors (Lipinski definition) is 1. The molecule has 0 spiro atoms. The topological polar surface area (TPSA) is 71.8 Å². The second-order valence-corrected chi connectivity index (χ2v) is 5.28. The van der Waals surface area contributed by atoms with Crippen molar-refractivity contribution in [2.45, 2.75) is 6.54 Å². The summed E-state index contributed by atoms with van der Waals surface area (Å²) in [6.45, 7) is 0.810. The van der Waals surface area contributed by atoms with E-state index in [1.54, 1.807) is 0 Å². The summed E-state index contributed by atoms with van der Waals surface area (Å²) >= 11 is 0. The molecule has 0 saturated carbocycles. The van der Waals surface area contributed by atoms with Gasteiger partial charge in [-0.05, 0) is 20.2 Å². The average Bonchev–Trinajstić information content (AvgIpc) is 2.89. The maximum Gasteiger partial charge on any atom is 0.330 e. The molecule has 2 aromatic rings. The number of amides is 1. The molecule has 122 valence electrons. The van der Waals surface area contributed by atoms with E-state index in [2.05, 4.69) is 10.1 Å². The number of benzene rings is 1. The Hall–Kier alpha value is -2.60. The molecule has 0 fully saturated rings. The van der Waals surface area contributed by atoms with Gasteiger partial charge in [0.25, 0.3) is 5.91 Å². The first-order chi connectivity index (χ1) is 11.0. The van der Waals surface area contributed by atoms with E-state index < -0.39 is 5.97 Å². The summed E-state index contributed by atoms with van der Waals surface area (Å²) in [6, 6.07) is 7.55. The van der Waals surface area contributed by atoms with Crippen molar-refractivity contribution in [2.75, 3.05) is 27.7 Å². The molecule has 0 aliphatic rings. The van der Waals surface area contributed by atoms with Crippen LogP contribution in [0.5, 0.6) is 0 Å². The highest BCUT2D eigenvalue weighted by molar-refractivity contribution is 5.99. The molecule has 2 rings (SSSR count). The molecule has 1 aromatic carbocycles. The summed E-state index contributed by atoms with van der Waals surface area (Å²) < 4.78 is 10.2. The molecule has 6 heteroatoms. The molecule has 6 nitrogen and oxygen atoms in total. The molecule has 0 aliphatic carbocycles. The fraction of sp³-hybridized carbons (Fsp3) is 0.294. The lowest BCUT2D eigenvalue weighted by molar-refractivity contribution is -0.134. The minimum atomic E-state index is -0.462. The number of hydrogen-bond acceptors (Lipinski definition) is 5. The number of rotatable bonds is 6. The fourth-order valence-corrected chi connectivity index (χ4v) is 2.21. The highest BCUT2D eigenvalue weighted by Gasteiger charge is 2.20. The number of carbonyl (C=O) groups excluding carboxylic acids is 2. The van der Waals surface area contributed by atoms with Crippen molar-refractivity contribution in [2.24, 2.45) is 0 Å². The second-order valence-electron chi connectivity index (χ2n) is 5.28. The Morgan fingerprint density at radius 1 is 1.30 bits per heavy atom. The lowest BCUT2D eigenvalue weighted by Crippen LogP contribution is -2.25. The number of methoxy groups -OCH3 is 1. The largest absolute Gasteiger partial charge is 0.466 e. The zero-order chi connectivity index (χ0) is 16.8. The van der Waals surface area contributed by atoms with Crippen LogP contribution in [0.3, 0.4) is 0 Å². The van der Waals surface area contributed by atoms with Crippen LogP contribution < -0.4 is 5.32 Å². The zero-order valence-corrected chi connectivity index (χ0v) is 13.5. The monoisotopic (exact) mass is 316 g/mol. The molecular weight excluding hydrogens is 296 g/mol. The van der Waals surface area contributed by atoms with Crippen molar-refractivity contribution >= 4 is 22.8 Å². The van der Waals surface area contributed by atoms with Crippen molar-refractivity contribution in [1.29, 1.82) is 0 Å². The van der Waals surface area contributed by atoms with Gasteiger partial charge >= 0.3 is 5.97 Å². The zero-order valence-electron chi connectivity index (χ0n) is 13.5. The van der Waals surface area contributed by atoms with Crippen LogP contribution in [0.1, 0.15) is 16.1 Å². The number of fused-ring (bicyclic) bond motifs is 1. The van der Waals surface area contributed by atoms with Crippen LogP contribution in [0, 0.1) is 0 Å². The minimum absolute atomic E-state index is 0.215. The van der Waals surface area contributed by atoms with E-state index >= 15 is 0 Å². The van der Waals surface area contributed by atoms with Crippen molar-refractivity contribution in [3.8, 4) is 0 Å². The van der Waals surface area contributed by atoms with E-state index in [-0.39, 0.29) is 12.5 Å². The molecule has 0 saturated heterocycles. The van der Waals surface area contributed by atoms with Gasteiger partial charge in [0.15, 0.2) is 5.76 Å². The Bertz CT molecular complexity index is 731. The van der Waals surface area contributed by atoms with Gasteiger partial charge in [-0.15, -0.1) is 0 Å². The molecular formula is C17H20N2O4. The van der Waals surface area contributed by atoms with Crippen LogP contribution in [-0.4, -0.2) is 44.5 Å². The highest BCUT2D eigenvalue weighted by atomic mass is 16.5. The van der Waals surface area contributed by atoms with E-state index in [9.17, 15) is 9.59 Å². The maximum absolute atomic E-state index is 12.4. The maximum atomic E-state index is 12.4. The van der Waals surface area contributed by atoms with Gasteiger partial charge in [-0.1, -0.05) is 24.3 Å². The fourth-order valence-electron chi connectivity index (χ4n) is 2.21. The third kappa shape index (κ3) is 4.20. The number of carbonyl (C=O) groups is 2. The smallest absolute Gasteiger partial charge is 0.330 e. The number of nitrogens with one attached hydrogen (secondary N) is 1. The Labute approximate surface area is 134 Å². The molecule has 0 radical (unpaired) electrons. The number of furan rings is 1. The van der Waals surface area contributed by atoms with Crippen molar-refractivity contribution in [1.82, 2.24) is 10.2 Å². The first-order valence-corrected chi connectivity index (χ1v) is 7.20. The molecule has 0 unspecified atom stereocenters. The summed E-state index contributed by atoms with van der Waals surface area (Å²) in [5, 5.41) is 3.63. The number of para-hydroxylation sites is 1. The van der Waals surface area contributed by atoms with Gasteiger partial charge in [-0.25, -0.2) is 4.79 Å². The molecule has 1 amide bonds. The Kier molecular flexibility index (Phi) is 5.54. The van der Waals surface area contributed by atoms with Crippen LogP contribution in [0.4, 0.5) is 0 Å². The quantitative estimate of drug-likeness (QED) is 0.651. The second kappa shape index (κ2) is 7.60. The third-order valence-corrected chi connectivity index (χ3v) is 3.21. The first-order valence-electron chi connectivity index (χ1n) is 7.20. The van der Waals surface area contributed by atoms with Gasteiger partial charge in [0, 0.05) is 30.1 Å². The normalized spacial score (nSPS) is 11.3. The van der Waals surface area contributed by atoms with E-state index in [1.165, 1.54) is 19.3 Å². The van der Waals surface area contributed by atoms with Crippen molar-refractivity contribution in [3.63, 3.8) is 0 Å². The summed E-state index contributed by atoms with van der Waals surface area (Å²) in [7, 11) is 5.16. The molecule has 0 bridgehead atoms. The van der Waals surface area contributed by atoms with Gasteiger partial charge in [-0.3, -0.25) is 4.79 Å². The molecule has 1 heterocycles. The van der Waals surface area contributed by atoms with Crippen molar-refractivity contribution < 1.29 is 18.7 Å². The van der Waals surface area contributed by atoms with Crippen LogP contribution >= 0.6 is 0 Å². The SMILES string of the molecule is COC(=O)/C=C/CNC(=O)c1oc2ccccc2c1CN(C)C. The summed E-state index contributed by atoms with van der Waals surface area (Å²) in [5.74, 6) is -0.477. The van der Waals surface area contributed by atoms with Gasteiger partial charge in [0.1, 0.15) is 5.58 Å². The van der Waals surface area contributed by atoms with Crippen LogP contribution in [-0.2, 0) is 16.1 Å². The Balaban J connectivity index is 2.19. The third-order valence-electron chi connectivity index (χ3n) is 3.21. The average molecular weight is 316 g/mol. The van der Waals surface area contributed by atoms with E-state index in [0.717, 1.165) is 10.9 Å². The van der Waals surface area contributed by atoms with Gasteiger partial charge in [0.05, 0.1) is 7.11 Å². The van der Waals surface area contributed by atoms with Crippen LogP contribution in [0.25, 0.3) is 11.0 Å². The van der Waals surface area contributed by atoms with Gasteiger partial charge in [-0.2, -0.15) is 0 Å². The number of esters is 1. The highest BCUT2D eigenvalue weighted by Crippen LogP contribution is 2.26. The lowest BCUT2D eigenvalue weighted by atomic mass is 10.1. The first kappa shape index (κ1) is 16.8. The molecule has 23 heavy (non-hydrogen) atoms. The predicted molar refractivity (Wildman–Crippen MR) is 87.1 cm³/mol. The minimum Gasteiger partial charge on any atom is -0.466 e. The number of ether oxygens (including phenoxy) is 1. The Morgan fingerprint density at radius 2 is 2.04 bits per heavy atom. The molecule has 0 atom stereocenters. The van der Waals surface area contributed by atoms with E-state index in [4.69, 9.17) is 4.42 Å². The van der Waals surface area contributed by atoms with Crippen LogP contribution in [0.2, 0.25) is 0 Å². The number of nitrogens with zero attached hydrogens (tertiary/aromatic N) is 1. The van der Waals surface area contributed by atoms with Crippen molar-refractivity contribution in [3.05, 3.63) is 47.7 Å². The van der Waals surface area contributed by atoms with Gasteiger partial charge < -0.3 is 19.4 Å². The predicted octanol–water partition coefficient (Wildman–Crippen LogP) is 1.95. The Morgan fingerprint density at radius 3 is 2.74 bits per heavy atom. The standard InChI is InChI=1S/C17H20N2O4/c1-19(2)11-13-12-7-4-5-8-14(12)23-16(13)17(21)18-10-6-9-15(20)22-3/h4-9H,10-11H2,1-3H3,(H,18,21)/b9-6+. The van der Waals surface area contributed by atoms with Gasteiger partial charge in [0.2, 0.25) is 0 Å².